The van der Waals surface area contributed by atoms with Crippen molar-refractivity contribution in [3.63, 3.8) is 0 Å². The summed E-state index contributed by atoms with van der Waals surface area (Å²) in [6, 6.07) is 12.9. The van der Waals surface area contributed by atoms with Crippen LogP contribution in [0.3, 0.4) is 0 Å². The lowest BCUT2D eigenvalue weighted by Crippen LogP contribution is -2.31. The van der Waals surface area contributed by atoms with Crippen LogP contribution in [0, 0.1) is 0 Å². The van der Waals surface area contributed by atoms with E-state index in [0.29, 0.717) is 33.1 Å². The van der Waals surface area contributed by atoms with Gasteiger partial charge in [0.1, 0.15) is 6.04 Å². The Hall–Kier alpha value is -1.79. The largest absolute Gasteiger partial charge is 0.374 e. The summed E-state index contributed by atoms with van der Waals surface area (Å²) in [6.07, 6.45) is 0. The van der Waals surface area contributed by atoms with Gasteiger partial charge in [-0.1, -0.05) is 29.4 Å². The van der Waals surface area contributed by atoms with Crippen LogP contribution in [-0.4, -0.2) is 17.7 Å². The van der Waals surface area contributed by atoms with E-state index < -0.39 is 11.8 Å². The van der Waals surface area contributed by atoms with Crippen molar-refractivity contribution in [1.29, 1.82) is 0 Å². The smallest absolute Gasteiger partial charge is 0.288 e. The summed E-state index contributed by atoms with van der Waals surface area (Å²) in [7, 11) is 0. The monoisotopic (exact) mass is 356 g/mol. The molecule has 0 spiro atoms. The molecule has 0 aliphatic rings. The van der Waals surface area contributed by atoms with E-state index in [0.717, 1.165) is 0 Å². The van der Waals surface area contributed by atoms with Crippen molar-refractivity contribution in [2.24, 2.45) is 0 Å². The van der Waals surface area contributed by atoms with Crippen molar-refractivity contribution < 1.29 is 13.6 Å². The SMILES string of the molecule is C[C@H](Nc1ccc(SC(F)F)cc1)C(=O)Nc1cccc(Cl)c1. The van der Waals surface area contributed by atoms with Gasteiger partial charge in [-0.15, -0.1) is 0 Å². The zero-order chi connectivity index (χ0) is 16.8. The van der Waals surface area contributed by atoms with Crippen molar-refractivity contribution >= 4 is 40.6 Å². The van der Waals surface area contributed by atoms with Crippen LogP contribution in [0.25, 0.3) is 0 Å². The van der Waals surface area contributed by atoms with Crippen molar-refractivity contribution in [2.45, 2.75) is 23.6 Å². The second-order valence-electron chi connectivity index (χ2n) is 4.77. The summed E-state index contributed by atoms with van der Waals surface area (Å²) in [5, 5.41) is 6.30. The summed E-state index contributed by atoms with van der Waals surface area (Å²) < 4.78 is 24.5. The number of nitrogens with one attached hydrogen (secondary N) is 2. The molecule has 1 atom stereocenters. The fourth-order valence-electron chi connectivity index (χ4n) is 1.86. The van der Waals surface area contributed by atoms with Crippen LogP contribution in [0.1, 0.15) is 6.92 Å². The van der Waals surface area contributed by atoms with Crippen LogP contribution in [0.2, 0.25) is 5.02 Å². The first-order valence-corrected chi connectivity index (χ1v) is 8.07. The first-order chi connectivity index (χ1) is 10.9. The molecule has 0 bridgehead atoms. The standard InChI is InChI=1S/C16H15ClF2N2OS/c1-10(15(22)21-13-4-2-3-11(17)9-13)20-12-5-7-14(8-6-12)23-16(18)19/h2-10,16,20H,1H3,(H,21,22)/t10-/m0/s1. The molecule has 7 heteroatoms. The molecule has 0 unspecified atom stereocenters. The molecule has 0 saturated carbocycles. The molecular weight excluding hydrogens is 342 g/mol. The minimum Gasteiger partial charge on any atom is -0.374 e. The molecule has 3 nitrogen and oxygen atoms in total. The Morgan fingerprint density at radius 1 is 1.13 bits per heavy atom. The number of hydrogen-bond donors (Lipinski definition) is 2. The number of halogens is 3. The van der Waals surface area contributed by atoms with Gasteiger partial charge in [-0.3, -0.25) is 4.79 Å². The zero-order valence-corrected chi connectivity index (χ0v) is 13.8. The Kier molecular flexibility index (Phi) is 6.24. The minimum absolute atomic E-state index is 0.224. The summed E-state index contributed by atoms with van der Waals surface area (Å²) in [6.45, 7) is 1.71. The topological polar surface area (TPSA) is 41.1 Å². The van der Waals surface area contributed by atoms with Crippen molar-refractivity contribution in [3.05, 3.63) is 53.6 Å². The summed E-state index contributed by atoms with van der Waals surface area (Å²) >= 11 is 6.35. The average molecular weight is 357 g/mol. The number of amides is 1. The second kappa shape index (κ2) is 8.17. The lowest BCUT2D eigenvalue weighted by atomic mass is 10.2. The molecule has 0 aromatic heterocycles. The summed E-state index contributed by atoms with van der Waals surface area (Å²) in [5.41, 5.74) is 1.29. The molecule has 0 radical (unpaired) electrons. The van der Waals surface area contributed by atoms with E-state index >= 15 is 0 Å². The van der Waals surface area contributed by atoms with Crippen LogP contribution >= 0.6 is 23.4 Å². The minimum atomic E-state index is -2.45. The molecular formula is C16H15ClF2N2OS. The molecule has 0 aliphatic carbocycles. The van der Waals surface area contributed by atoms with Gasteiger partial charge in [-0.2, -0.15) is 8.78 Å². The normalized spacial score (nSPS) is 12.0. The van der Waals surface area contributed by atoms with E-state index in [9.17, 15) is 13.6 Å². The highest BCUT2D eigenvalue weighted by molar-refractivity contribution is 7.99. The molecule has 1 amide bonds. The quantitative estimate of drug-likeness (QED) is 0.708. The second-order valence-corrected chi connectivity index (χ2v) is 6.27. The first-order valence-electron chi connectivity index (χ1n) is 6.82. The van der Waals surface area contributed by atoms with E-state index in [2.05, 4.69) is 10.6 Å². The zero-order valence-electron chi connectivity index (χ0n) is 12.2. The molecule has 122 valence electrons. The third-order valence-electron chi connectivity index (χ3n) is 2.95. The highest BCUT2D eigenvalue weighted by Gasteiger charge is 2.13. The van der Waals surface area contributed by atoms with E-state index in [1.807, 2.05) is 0 Å². The number of hydrogen-bond acceptors (Lipinski definition) is 3. The lowest BCUT2D eigenvalue weighted by Gasteiger charge is -2.15. The molecule has 2 rings (SSSR count). The number of carbonyl (C=O) groups is 1. The maximum absolute atomic E-state index is 12.3. The van der Waals surface area contributed by atoms with Crippen molar-refractivity contribution in [2.75, 3.05) is 10.6 Å². The van der Waals surface area contributed by atoms with Crippen LogP contribution in [0.4, 0.5) is 20.2 Å². The Bertz CT molecular complexity index is 667. The number of carbonyl (C=O) groups excluding carboxylic acids is 1. The fourth-order valence-corrected chi connectivity index (χ4v) is 2.55. The Balaban J connectivity index is 1.92. The summed E-state index contributed by atoms with van der Waals surface area (Å²) in [5.74, 6) is -2.67. The van der Waals surface area contributed by atoms with Gasteiger partial charge in [0, 0.05) is 21.3 Å². The Morgan fingerprint density at radius 3 is 2.43 bits per heavy atom. The molecule has 23 heavy (non-hydrogen) atoms. The predicted octanol–water partition coefficient (Wildman–Crippen LogP) is 5.09. The van der Waals surface area contributed by atoms with E-state index in [1.54, 1.807) is 55.5 Å². The van der Waals surface area contributed by atoms with Crippen LogP contribution in [0.15, 0.2) is 53.4 Å². The van der Waals surface area contributed by atoms with Gasteiger partial charge in [0.25, 0.3) is 5.76 Å². The molecule has 0 aliphatic heterocycles. The molecule has 0 fully saturated rings. The van der Waals surface area contributed by atoms with Gasteiger partial charge in [0.15, 0.2) is 0 Å². The van der Waals surface area contributed by atoms with Gasteiger partial charge in [0.05, 0.1) is 0 Å². The van der Waals surface area contributed by atoms with Gasteiger partial charge in [-0.25, -0.2) is 0 Å². The van der Waals surface area contributed by atoms with Gasteiger partial charge >= 0.3 is 0 Å². The molecule has 0 saturated heterocycles. The molecule has 2 N–H and O–H groups in total. The third-order valence-corrected chi connectivity index (χ3v) is 3.91. The van der Waals surface area contributed by atoms with Crippen molar-refractivity contribution in [1.82, 2.24) is 0 Å². The first kappa shape index (κ1) is 17.6. The maximum Gasteiger partial charge on any atom is 0.288 e. The van der Waals surface area contributed by atoms with Crippen LogP contribution in [0.5, 0.6) is 0 Å². The van der Waals surface area contributed by atoms with Crippen LogP contribution < -0.4 is 10.6 Å². The van der Waals surface area contributed by atoms with Crippen molar-refractivity contribution in [3.8, 4) is 0 Å². The fraction of sp³-hybridized carbons (Fsp3) is 0.188. The number of alkyl halides is 2. The predicted molar refractivity (Wildman–Crippen MR) is 91.5 cm³/mol. The summed E-state index contributed by atoms with van der Waals surface area (Å²) in [4.78, 5) is 12.6. The van der Waals surface area contributed by atoms with E-state index in [-0.39, 0.29) is 5.91 Å². The maximum atomic E-state index is 12.3. The van der Waals surface area contributed by atoms with Gasteiger partial charge in [-0.05, 0) is 49.4 Å². The number of anilines is 2. The molecule has 0 heterocycles. The highest BCUT2D eigenvalue weighted by atomic mass is 35.5. The lowest BCUT2D eigenvalue weighted by molar-refractivity contribution is -0.116. The van der Waals surface area contributed by atoms with E-state index in [4.69, 9.17) is 11.6 Å². The van der Waals surface area contributed by atoms with E-state index in [1.165, 1.54) is 0 Å². The number of rotatable bonds is 6. The Morgan fingerprint density at radius 2 is 1.83 bits per heavy atom. The average Bonchev–Trinajstić information content (AvgIpc) is 2.48. The van der Waals surface area contributed by atoms with Crippen LogP contribution in [-0.2, 0) is 4.79 Å². The Labute approximate surface area is 142 Å². The number of thioether (sulfide) groups is 1. The highest BCUT2D eigenvalue weighted by Crippen LogP contribution is 2.26. The van der Waals surface area contributed by atoms with Gasteiger partial charge < -0.3 is 10.6 Å². The molecule has 2 aromatic rings. The third kappa shape index (κ3) is 5.73. The number of benzene rings is 2. The van der Waals surface area contributed by atoms with Gasteiger partial charge in [0.2, 0.25) is 5.91 Å². The molecule has 2 aromatic carbocycles.